The summed E-state index contributed by atoms with van der Waals surface area (Å²) in [7, 11) is 0. The van der Waals surface area contributed by atoms with Crippen LogP contribution in [-0.2, 0) is 28.6 Å². The first-order chi connectivity index (χ1) is 30.5. The van der Waals surface area contributed by atoms with E-state index >= 15 is 0 Å². The van der Waals surface area contributed by atoms with Crippen LogP contribution in [0.3, 0.4) is 0 Å². The summed E-state index contributed by atoms with van der Waals surface area (Å²) in [5.41, 5.74) is 0. The Kier molecular flexibility index (Phi) is 46.6. The number of esters is 3. The third-order valence-electron chi connectivity index (χ3n) is 10.1. The second-order valence-corrected chi connectivity index (χ2v) is 16.0. The number of hydrogen-bond acceptors (Lipinski definition) is 6. The molecule has 62 heavy (non-hydrogen) atoms. The summed E-state index contributed by atoms with van der Waals surface area (Å²) in [5.74, 6) is -0.986. The van der Waals surface area contributed by atoms with Crippen LogP contribution in [0.25, 0.3) is 0 Å². The van der Waals surface area contributed by atoms with Crippen molar-refractivity contribution in [3.05, 3.63) is 109 Å². The van der Waals surface area contributed by atoms with Gasteiger partial charge in [0.2, 0.25) is 0 Å². The molecule has 0 aliphatic heterocycles. The molecule has 0 aromatic rings. The van der Waals surface area contributed by atoms with E-state index in [-0.39, 0.29) is 31.1 Å². The van der Waals surface area contributed by atoms with Crippen molar-refractivity contribution in [2.45, 2.75) is 213 Å². The summed E-state index contributed by atoms with van der Waals surface area (Å²) >= 11 is 0. The lowest BCUT2D eigenvalue weighted by Crippen LogP contribution is -2.30. The number of allylic oxidation sites excluding steroid dienone is 18. The van der Waals surface area contributed by atoms with E-state index in [0.717, 1.165) is 122 Å². The molecule has 0 bridgehead atoms. The first-order valence-electron chi connectivity index (χ1n) is 24.9. The summed E-state index contributed by atoms with van der Waals surface area (Å²) in [5, 5.41) is 0. The Hall–Kier alpha value is -3.93. The Morgan fingerprint density at radius 2 is 0.694 bits per heavy atom. The summed E-state index contributed by atoms with van der Waals surface area (Å²) in [6.45, 7) is 6.30. The molecule has 1 atom stereocenters. The SMILES string of the molecule is CC/C=C\C/C=C\C/C=C\CCCCC(=O)OCC(COC(=O)CCCCCCC\C=C/C=C\C=C/C=C\CCCCC)OC(=O)CCCCCCCCC/C=C\C/C=C\CC. The van der Waals surface area contributed by atoms with Crippen molar-refractivity contribution < 1.29 is 28.6 Å². The molecule has 0 fully saturated rings. The lowest BCUT2D eigenvalue weighted by atomic mass is 10.1. The van der Waals surface area contributed by atoms with Crippen LogP contribution in [0, 0.1) is 0 Å². The van der Waals surface area contributed by atoms with E-state index < -0.39 is 6.10 Å². The number of rotatable bonds is 43. The lowest BCUT2D eigenvalue weighted by Gasteiger charge is -2.18. The van der Waals surface area contributed by atoms with Crippen LogP contribution in [0.1, 0.15) is 207 Å². The van der Waals surface area contributed by atoms with E-state index in [9.17, 15) is 14.4 Å². The molecule has 0 saturated carbocycles. The fraction of sp³-hybridized carbons (Fsp3) is 0.625. The first-order valence-corrected chi connectivity index (χ1v) is 24.9. The van der Waals surface area contributed by atoms with Crippen molar-refractivity contribution in [3.8, 4) is 0 Å². The van der Waals surface area contributed by atoms with Crippen molar-refractivity contribution in [2.24, 2.45) is 0 Å². The highest BCUT2D eigenvalue weighted by atomic mass is 16.6. The quantitative estimate of drug-likeness (QED) is 0.0200. The minimum atomic E-state index is -0.809. The Balaban J connectivity index is 4.50. The Bertz CT molecular complexity index is 1310. The van der Waals surface area contributed by atoms with Crippen LogP contribution in [0.2, 0.25) is 0 Å². The minimum absolute atomic E-state index is 0.108. The highest BCUT2D eigenvalue weighted by molar-refractivity contribution is 5.71. The van der Waals surface area contributed by atoms with Gasteiger partial charge < -0.3 is 14.2 Å². The molecule has 0 aromatic carbocycles. The summed E-state index contributed by atoms with van der Waals surface area (Å²) in [6, 6.07) is 0. The number of unbranched alkanes of at least 4 members (excludes halogenated alkanes) is 17. The minimum Gasteiger partial charge on any atom is -0.462 e. The molecule has 0 saturated heterocycles. The second kappa shape index (κ2) is 49.7. The average Bonchev–Trinajstić information content (AvgIpc) is 3.27. The van der Waals surface area contributed by atoms with Crippen molar-refractivity contribution in [1.29, 1.82) is 0 Å². The van der Waals surface area contributed by atoms with Gasteiger partial charge in [0.15, 0.2) is 6.10 Å². The lowest BCUT2D eigenvalue weighted by molar-refractivity contribution is -0.167. The van der Waals surface area contributed by atoms with Gasteiger partial charge in [0.1, 0.15) is 13.2 Å². The van der Waals surface area contributed by atoms with E-state index in [1.165, 1.54) is 44.9 Å². The fourth-order valence-electron chi connectivity index (χ4n) is 6.39. The van der Waals surface area contributed by atoms with Gasteiger partial charge in [-0.2, -0.15) is 0 Å². The van der Waals surface area contributed by atoms with E-state index in [2.05, 4.69) is 130 Å². The fourth-order valence-corrected chi connectivity index (χ4v) is 6.39. The van der Waals surface area contributed by atoms with Crippen LogP contribution in [-0.4, -0.2) is 37.2 Å². The molecule has 0 radical (unpaired) electrons. The van der Waals surface area contributed by atoms with Crippen LogP contribution in [0.4, 0.5) is 0 Å². The largest absolute Gasteiger partial charge is 0.462 e. The average molecular weight is 859 g/mol. The van der Waals surface area contributed by atoms with Gasteiger partial charge in [-0.3, -0.25) is 14.4 Å². The molecule has 0 amide bonds. The van der Waals surface area contributed by atoms with Crippen molar-refractivity contribution in [3.63, 3.8) is 0 Å². The standard InChI is InChI=1S/C56H90O6/c1-4-7-10-13-16-19-22-25-27-28-29-30-32-34-37-40-43-46-49-55(58)61-52-53(51-60-54(57)48-45-42-39-36-33-24-21-18-15-12-9-6-3)62-56(59)50-47-44-41-38-35-31-26-23-20-17-14-11-8-5-2/h8-9,11-12,16-22,25,27-30,33,36,53H,4-7,10,13-15,23-24,26,31-32,34-35,37-52H2,1-3H3/b11-8-,12-9-,19-16-,20-17-,21-18-,25-22-,28-27-,30-29-,36-33-. The monoisotopic (exact) mass is 859 g/mol. The molecule has 0 heterocycles. The molecule has 6 heteroatoms. The molecule has 0 aromatic heterocycles. The smallest absolute Gasteiger partial charge is 0.306 e. The van der Waals surface area contributed by atoms with Gasteiger partial charge in [0.05, 0.1) is 0 Å². The zero-order chi connectivity index (χ0) is 45.1. The van der Waals surface area contributed by atoms with Crippen molar-refractivity contribution in [1.82, 2.24) is 0 Å². The summed E-state index contributed by atoms with van der Waals surface area (Å²) < 4.78 is 16.7. The molecule has 0 aliphatic carbocycles. The van der Waals surface area contributed by atoms with Gasteiger partial charge in [-0.05, 0) is 103 Å². The van der Waals surface area contributed by atoms with Crippen LogP contribution < -0.4 is 0 Å². The molecule has 6 nitrogen and oxygen atoms in total. The van der Waals surface area contributed by atoms with Crippen molar-refractivity contribution in [2.75, 3.05) is 13.2 Å². The predicted octanol–water partition coefficient (Wildman–Crippen LogP) is 16.4. The molecule has 0 aliphatic rings. The number of carbonyl (C=O) groups is 3. The van der Waals surface area contributed by atoms with E-state index in [1.807, 2.05) is 0 Å². The molecule has 350 valence electrons. The first kappa shape index (κ1) is 58.1. The molecular formula is C56H90O6. The summed E-state index contributed by atoms with van der Waals surface area (Å²) in [6.07, 6.45) is 66.4. The maximum atomic E-state index is 12.8. The number of hydrogen-bond donors (Lipinski definition) is 0. The van der Waals surface area contributed by atoms with Crippen LogP contribution in [0.5, 0.6) is 0 Å². The van der Waals surface area contributed by atoms with Gasteiger partial charge in [-0.15, -0.1) is 0 Å². The van der Waals surface area contributed by atoms with Gasteiger partial charge in [0.25, 0.3) is 0 Å². The molecule has 0 rings (SSSR count). The van der Waals surface area contributed by atoms with Gasteiger partial charge in [-0.1, -0.05) is 194 Å². The Labute approximate surface area is 380 Å². The van der Waals surface area contributed by atoms with E-state index in [0.29, 0.717) is 19.3 Å². The van der Waals surface area contributed by atoms with Crippen molar-refractivity contribution >= 4 is 17.9 Å². The van der Waals surface area contributed by atoms with Crippen LogP contribution in [0.15, 0.2) is 109 Å². The summed E-state index contributed by atoms with van der Waals surface area (Å²) in [4.78, 5) is 37.9. The third kappa shape index (κ3) is 47.1. The van der Waals surface area contributed by atoms with E-state index in [4.69, 9.17) is 14.2 Å². The zero-order valence-corrected chi connectivity index (χ0v) is 39.8. The molecule has 1 unspecified atom stereocenters. The maximum Gasteiger partial charge on any atom is 0.306 e. The highest BCUT2D eigenvalue weighted by Gasteiger charge is 2.19. The predicted molar refractivity (Wildman–Crippen MR) is 265 cm³/mol. The van der Waals surface area contributed by atoms with E-state index in [1.54, 1.807) is 0 Å². The van der Waals surface area contributed by atoms with Crippen LogP contribution >= 0.6 is 0 Å². The molecule has 0 spiro atoms. The number of ether oxygens (including phenoxy) is 3. The Morgan fingerprint density at radius 3 is 1.16 bits per heavy atom. The third-order valence-corrected chi connectivity index (χ3v) is 10.1. The molecule has 0 N–H and O–H groups in total. The zero-order valence-electron chi connectivity index (χ0n) is 39.8. The topological polar surface area (TPSA) is 78.9 Å². The van der Waals surface area contributed by atoms with Gasteiger partial charge >= 0.3 is 17.9 Å². The van der Waals surface area contributed by atoms with Gasteiger partial charge in [-0.25, -0.2) is 0 Å². The number of carbonyl (C=O) groups excluding carboxylic acids is 3. The normalized spacial score (nSPS) is 13.0. The Morgan fingerprint density at radius 1 is 0.355 bits per heavy atom. The molecular weight excluding hydrogens is 769 g/mol. The maximum absolute atomic E-state index is 12.8. The van der Waals surface area contributed by atoms with Gasteiger partial charge in [0, 0.05) is 19.3 Å². The second-order valence-electron chi connectivity index (χ2n) is 16.0. The highest BCUT2D eigenvalue weighted by Crippen LogP contribution is 2.13.